The predicted molar refractivity (Wildman–Crippen MR) is 69.2 cm³/mol. The maximum absolute atomic E-state index is 12.0. The zero-order chi connectivity index (χ0) is 12.8. The molecule has 5 heteroatoms. The highest BCUT2D eigenvalue weighted by Gasteiger charge is 2.25. The molecule has 0 saturated carbocycles. The lowest BCUT2D eigenvalue weighted by Crippen LogP contribution is -2.44. The SMILES string of the molecule is CC[C@@H]1CCCCN1C(=O)CS[C@@H](C)C(=O)O. The van der Waals surface area contributed by atoms with Gasteiger partial charge in [0.2, 0.25) is 5.91 Å². The van der Waals surface area contributed by atoms with Crippen molar-refractivity contribution in [3.8, 4) is 0 Å². The molecule has 0 aromatic heterocycles. The molecule has 98 valence electrons. The number of thioether (sulfide) groups is 1. The number of carbonyl (C=O) groups is 2. The normalized spacial score (nSPS) is 22.2. The summed E-state index contributed by atoms with van der Waals surface area (Å²) in [6, 6.07) is 0.358. The number of amides is 1. The lowest BCUT2D eigenvalue weighted by Gasteiger charge is -2.35. The highest BCUT2D eigenvalue weighted by molar-refractivity contribution is 8.01. The first-order valence-electron chi connectivity index (χ1n) is 6.20. The van der Waals surface area contributed by atoms with Gasteiger partial charge >= 0.3 is 5.97 Å². The maximum Gasteiger partial charge on any atom is 0.316 e. The molecule has 4 nitrogen and oxygen atoms in total. The lowest BCUT2D eigenvalue weighted by molar-refractivity contribution is -0.136. The second-order valence-corrected chi connectivity index (χ2v) is 5.77. The summed E-state index contributed by atoms with van der Waals surface area (Å²) in [5.41, 5.74) is 0. The highest BCUT2D eigenvalue weighted by Crippen LogP contribution is 2.21. The number of hydrogen-bond acceptors (Lipinski definition) is 3. The maximum atomic E-state index is 12.0. The third-order valence-electron chi connectivity index (χ3n) is 3.22. The van der Waals surface area contributed by atoms with Crippen LogP contribution in [-0.4, -0.2) is 45.5 Å². The average molecular weight is 259 g/mol. The molecule has 0 aliphatic carbocycles. The molecule has 0 aromatic carbocycles. The zero-order valence-corrected chi connectivity index (χ0v) is 11.3. The Morgan fingerprint density at radius 1 is 1.47 bits per heavy atom. The Morgan fingerprint density at radius 2 is 2.18 bits per heavy atom. The molecular formula is C12H21NO3S. The molecule has 0 unspecified atom stereocenters. The van der Waals surface area contributed by atoms with Gasteiger partial charge in [-0.15, -0.1) is 11.8 Å². The van der Waals surface area contributed by atoms with Crippen LogP contribution in [0, 0.1) is 0 Å². The molecule has 1 heterocycles. The summed E-state index contributed by atoms with van der Waals surface area (Å²) in [5, 5.41) is 8.25. The number of piperidine rings is 1. The van der Waals surface area contributed by atoms with Crippen LogP contribution >= 0.6 is 11.8 Å². The van der Waals surface area contributed by atoms with Crippen molar-refractivity contribution in [2.24, 2.45) is 0 Å². The number of rotatable bonds is 5. The Labute approximate surface area is 107 Å². The fraction of sp³-hybridized carbons (Fsp3) is 0.833. The van der Waals surface area contributed by atoms with E-state index < -0.39 is 11.2 Å². The van der Waals surface area contributed by atoms with Crippen molar-refractivity contribution in [3.63, 3.8) is 0 Å². The van der Waals surface area contributed by atoms with Gasteiger partial charge in [0.05, 0.1) is 11.0 Å². The Bertz CT molecular complexity index is 283. The first-order valence-corrected chi connectivity index (χ1v) is 7.25. The summed E-state index contributed by atoms with van der Waals surface area (Å²) in [6.45, 7) is 4.55. The van der Waals surface area contributed by atoms with Gasteiger partial charge in [-0.1, -0.05) is 6.92 Å². The molecule has 1 rings (SSSR count). The van der Waals surface area contributed by atoms with Crippen LogP contribution in [0.2, 0.25) is 0 Å². The van der Waals surface area contributed by atoms with E-state index in [-0.39, 0.29) is 11.7 Å². The lowest BCUT2D eigenvalue weighted by atomic mass is 10.0. The smallest absolute Gasteiger partial charge is 0.316 e. The summed E-state index contributed by atoms with van der Waals surface area (Å²) < 4.78 is 0. The molecule has 1 fully saturated rings. The summed E-state index contributed by atoms with van der Waals surface area (Å²) >= 11 is 1.21. The van der Waals surface area contributed by atoms with Gasteiger partial charge in [-0.2, -0.15) is 0 Å². The van der Waals surface area contributed by atoms with Crippen molar-refractivity contribution in [3.05, 3.63) is 0 Å². The molecule has 0 aromatic rings. The van der Waals surface area contributed by atoms with Crippen LogP contribution in [0.4, 0.5) is 0 Å². The number of hydrogen-bond donors (Lipinski definition) is 1. The quantitative estimate of drug-likeness (QED) is 0.820. The van der Waals surface area contributed by atoms with Crippen LogP contribution in [0.15, 0.2) is 0 Å². The summed E-state index contributed by atoms with van der Waals surface area (Å²) in [6.07, 6.45) is 4.34. The fourth-order valence-electron chi connectivity index (χ4n) is 2.10. The second-order valence-electron chi connectivity index (χ2n) is 4.44. The van der Waals surface area contributed by atoms with Crippen molar-refractivity contribution in [1.29, 1.82) is 0 Å². The van der Waals surface area contributed by atoms with Gasteiger partial charge in [0.25, 0.3) is 0 Å². The number of nitrogens with zero attached hydrogens (tertiary/aromatic N) is 1. The van der Waals surface area contributed by atoms with Crippen molar-refractivity contribution < 1.29 is 14.7 Å². The van der Waals surface area contributed by atoms with E-state index in [2.05, 4.69) is 6.92 Å². The largest absolute Gasteiger partial charge is 0.480 e. The minimum Gasteiger partial charge on any atom is -0.480 e. The minimum atomic E-state index is -0.853. The van der Waals surface area contributed by atoms with E-state index >= 15 is 0 Å². The van der Waals surface area contributed by atoms with E-state index in [4.69, 9.17) is 5.11 Å². The van der Waals surface area contributed by atoms with Crippen molar-refractivity contribution in [2.45, 2.75) is 50.8 Å². The second kappa shape index (κ2) is 6.89. The van der Waals surface area contributed by atoms with Gasteiger partial charge in [0.1, 0.15) is 0 Å². The van der Waals surface area contributed by atoms with Crippen molar-refractivity contribution in [2.75, 3.05) is 12.3 Å². The molecule has 1 saturated heterocycles. The van der Waals surface area contributed by atoms with Crippen LogP contribution in [0.5, 0.6) is 0 Å². The monoisotopic (exact) mass is 259 g/mol. The first-order chi connectivity index (χ1) is 8.06. The Kier molecular flexibility index (Phi) is 5.82. The minimum absolute atomic E-state index is 0.0923. The van der Waals surface area contributed by atoms with Gasteiger partial charge in [0.15, 0.2) is 0 Å². The summed E-state index contributed by atoms with van der Waals surface area (Å²) in [4.78, 5) is 24.6. The van der Waals surface area contributed by atoms with Crippen LogP contribution in [0.3, 0.4) is 0 Å². The van der Waals surface area contributed by atoms with Crippen LogP contribution in [0.1, 0.15) is 39.5 Å². The summed E-state index contributed by atoms with van der Waals surface area (Å²) in [5.74, 6) is -0.479. The van der Waals surface area contributed by atoms with Gasteiger partial charge < -0.3 is 10.0 Å². The first kappa shape index (κ1) is 14.4. The molecule has 17 heavy (non-hydrogen) atoms. The van der Waals surface area contributed by atoms with Crippen molar-refractivity contribution >= 4 is 23.6 Å². The predicted octanol–water partition coefficient (Wildman–Crippen LogP) is 1.98. The van der Waals surface area contributed by atoms with Crippen LogP contribution in [0.25, 0.3) is 0 Å². The molecule has 1 aliphatic rings. The van der Waals surface area contributed by atoms with Gasteiger partial charge in [-0.25, -0.2) is 0 Å². The number of carboxylic acids is 1. The zero-order valence-electron chi connectivity index (χ0n) is 10.5. The standard InChI is InChI=1S/C12H21NO3S/c1-3-10-6-4-5-7-13(10)11(14)8-17-9(2)12(15)16/h9-10H,3-8H2,1-2H3,(H,15,16)/t9-,10+/m0/s1. The number of aliphatic carboxylic acids is 1. The van der Waals surface area contributed by atoms with E-state index in [0.29, 0.717) is 6.04 Å². The molecular weight excluding hydrogens is 238 g/mol. The van der Waals surface area contributed by atoms with Crippen molar-refractivity contribution in [1.82, 2.24) is 4.90 Å². The molecule has 1 N–H and O–H groups in total. The molecule has 1 aliphatic heterocycles. The van der Waals surface area contributed by atoms with E-state index in [1.54, 1.807) is 6.92 Å². The van der Waals surface area contributed by atoms with Gasteiger partial charge in [0, 0.05) is 12.6 Å². The number of carbonyl (C=O) groups excluding carboxylic acids is 1. The molecule has 0 bridgehead atoms. The molecule has 2 atom stereocenters. The van der Waals surface area contributed by atoms with Crippen LogP contribution < -0.4 is 0 Å². The summed E-state index contributed by atoms with van der Waals surface area (Å²) in [7, 11) is 0. The average Bonchev–Trinajstić information content (AvgIpc) is 2.35. The van der Waals surface area contributed by atoms with E-state index in [1.165, 1.54) is 18.2 Å². The third kappa shape index (κ3) is 4.22. The highest BCUT2D eigenvalue weighted by atomic mass is 32.2. The fourth-order valence-corrected chi connectivity index (χ4v) is 2.80. The third-order valence-corrected chi connectivity index (χ3v) is 4.34. The van der Waals surface area contributed by atoms with Gasteiger partial charge in [-0.05, 0) is 32.6 Å². The molecule has 1 amide bonds. The van der Waals surface area contributed by atoms with E-state index in [9.17, 15) is 9.59 Å². The topological polar surface area (TPSA) is 57.6 Å². The van der Waals surface area contributed by atoms with Gasteiger partial charge in [-0.3, -0.25) is 9.59 Å². The Morgan fingerprint density at radius 3 is 2.76 bits per heavy atom. The molecule has 0 radical (unpaired) electrons. The molecule has 0 spiro atoms. The Balaban J connectivity index is 2.42. The number of likely N-dealkylation sites (tertiary alicyclic amines) is 1. The Hall–Kier alpha value is -0.710. The van der Waals surface area contributed by atoms with E-state index in [0.717, 1.165) is 25.8 Å². The van der Waals surface area contributed by atoms with E-state index in [1.807, 2.05) is 4.90 Å². The number of carboxylic acid groups (broad SMARTS) is 1. The van der Waals surface area contributed by atoms with Crippen LogP contribution in [-0.2, 0) is 9.59 Å².